The Morgan fingerprint density at radius 3 is 1.74 bits per heavy atom. The van der Waals surface area contributed by atoms with Gasteiger partial charge in [0.05, 0.1) is 52.8 Å². The lowest BCUT2D eigenvalue weighted by Crippen LogP contribution is -2.25. The number of ether oxygens (including phenoxy) is 1. The van der Waals surface area contributed by atoms with E-state index in [1.54, 1.807) is 6.07 Å². The molecule has 76 heavy (non-hydrogen) atoms. The normalized spacial score (nSPS) is 15.9. The highest BCUT2D eigenvalue weighted by Gasteiger charge is 2.32. The Kier molecular flexibility index (Phi) is 14.8. The Morgan fingerprint density at radius 2 is 1.17 bits per heavy atom. The summed E-state index contributed by atoms with van der Waals surface area (Å²) in [6.07, 6.45) is 19.1. The van der Waals surface area contributed by atoms with Crippen molar-refractivity contribution < 1.29 is 24.2 Å². The number of esters is 1. The summed E-state index contributed by atoms with van der Waals surface area (Å²) < 4.78 is 14.7. The number of aromatic nitrogens is 4. The quantitative estimate of drug-likeness (QED) is 0.0669. The van der Waals surface area contributed by atoms with Gasteiger partial charge in [-0.05, 0) is 99.6 Å². The number of methoxy groups -OCH3 is 1. The van der Waals surface area contributed by atoms with Gasteiger partial charge in [-0.1, -0.05) is 113 Å². The molecule has 2 saturated carbocycles. The van der Waals surface area contributed by atoms with Crippen LogP contribution in [-0.2, 0) is 30.9 Å². The Morgan fingerprint density at radius 1 is 0.632 bits per heavy atom. The fourth-order valence-electron chi connectivity index (χ4n) is 13.4. The fraction of sp³-hybridized carbons (Fsp3) is 0.431. The summed E-state index contributed by atoms with van der Waals surface area (Å²) in [4.78, 5) is 37.7. The van der Waals surface area contributed by atoms with Gasteiger partial charge in [0.2, 0.25) is 0 Å². The van der Waals surface area contributed by atoms with E-state index in [-0.39, 0.29) is 11.8 Å². The lowest BCUT2D eigenvalue weighted by molar-refractivity contribution is 0.0599. The molecule has 8 aromatic rings. The number of carboxylic acids is 1. The molecular formula is C65H74N6O5. The largest absolute Gasteiger partial charge is 0.478 e. The number of nitrogens with one attached hydrogen (secondary N) is 2. The molecule has 4 aliphatic rings. The first-order valence-corrected chi connectivity index (χ1v) is 28.4. The molecule has 0 atom stereocenters. The van der Waals surface area contributed by atoms with Gasteiger partial charge in [-0.15, -0.1) is 0 Å². The van der Waals surface area contributed by atoms with Gasteiger partial charge in [0, 0.05) is 113 Å². The van der Waals surface area contributed by atoms with Gasteiger partial charge in [-0.2, -0.15) is 0 Å². The minimum atomic E-state index is -0.890. The van der Waals surface area contributed by atoms with Crippen molar-refractivity contribution in [1.29, 1.82) is 0 Å². The van der Waals surface area contributed by atoms with E-state index in [1.165, 1.54) is 108 Å². The Balaban J connectivity index is 0.000000162. The van der Waals surface area contributed by atoms with Crippen LogP contribution in [0.5, 0.6) is 0 Å². The molecule has 0 bridgehead atoms. The first-order valence-electron chi connectivity index (χ1n) is 28.4. The third kappa shape index (κ3) is 9.68. The lowest BCUT2D eigenvalue weighted by Gasteiger charge is -2.25. The Labute approximate surface area is 447 Å². The number of Topliss-reactive ketones (excluding diaryl/α,β-unsaturated/α-hetero) is 1. The van der Waals surface area contributed by atoms with Crippen LogP contribution in [0.1, 0.15) is 171 Å². The Hall–Kier alpha value is -6.87. The highest BCUT2D eigenvalue weighted by atomic mass is 16.5. The van der Waals surface area contributed by atoms with Crippen LogP contribution in [0.2, 0.25) is 0 Å². The molecule has 6 heterocycles. The number of benzene rings is 4. The molecule has 0 radical (unpaired) electrons. The van der Waals surface area contributed by atoms with E-state index in [0.29, 0.717) is 54.6 Å². The van der Waals surface area contributed by atoms with E-state index in [2.05, 4.69) is 129 Å². The second-order valence-corrected chi connectivity index (χ2v) is 22.5. The number of rotatable bonds is 11. The summed E-state index contributed by atoms with van der Waals surface area (Å²) in [6.45, 7) is 13.3. The molecule has 3 N–H and O–H groups in total. The van der Waals surface area contributed by atoms with E-state index in [0.717, 1.165) is 90.5 Å². The van der Waals surface area contributed by atoms with Crippen molar-refractivity contribution in [3.05, 3.63) is 119 Å². The summed E-state index contributed by atoms with van der Waals surface area (Å²) in [5.41, 5.74) is 15.3. The highest BCUT2D eigenvalue weighted by Crippen LogP contribution is 2.49. The van der Waals surface area contributed by atoms with Gasteiger partial charge in [0.25, 0.3) is 0 Å². The van der Waals surface area contributed by atoms with Gasteiger partial charge < -0.3 is 38.7 Å². The summed E-state index contributed by atoms with van der Waals surface area (Å²) in [5.74, 6) is 6.79. The zero-order chi connectivity index (χ0) is 52.6. The molecule has 2 aliphatic carbocycles. The number of hydrogen-bond acceptors (Lipinski definition) is 6. The molecule has 12 rings (SSSR count). The molecule has 2 aliphatic heterocycles. The number of carbonyl (C=O) groups excluding carboxylic acids is 2. The predicted octanol–water partition coefficient (Wildman–Crippen LogP) is 13.8. The van der Waals surface area contributed by atoms with E-state index in [9.17, 15) is 19.5 Å². The fourth-order valence-corrected chi connectivity index (χ4v) is 13.4. The summed E-state index contributed by atoms with van der Waals surface area (Å²) in [7, 11) is 1.46. The zero-order valence-electron chi connectivity index (χ0n) is 45.2. The first-order chi connectivity index (χ1) is 37.0. The summed E-state index contributed by atoms with van der Waals surface area (Å²) in [6, 6.07) is 25.7. The molecule has 394 valence electrons. The predicted molar refractivity (Wildman–Crippen MR) is 307 cm³/mol. The standard InChI is InChI=1S/C33H37N3O2.C32H37N3O3/c1-22(2)34-17-8-12-25-21-35-18-9-19-36-29-20-24(33(37)38-3)15-16-27(29)30(23-10-5-4-6-11-23)32(36)28-14-7-13-26(25)31(28)35;1-20(2)33-15-14-28(36)26-19-34-16-7-17-35-27-18-22(32(37)38)12-13-24(27)29(21-8-4-3-5-9-21)31(35)25-11-6-10-23(26)30(25)34/h7,13-16,20-23,34H,4-6,9-11,17-19H2,1-3H3;6,10-13,18-21,33H,3-5,7-9,14-17H2,1-2H3,(H,37,38). The molecule has 2 fully saturated rings. The molecule has 11 nitrogen and oxygen atoms in total. The van der Waals surface area contributed by atoms with Crippen molar-refractivity contribution in [2.75, 3.05) is 20.2 Å². The van der Waals surface area contributed by atoms with Gasteiger partial charge in [0.15, 0.2) is 5.78 Å². The first kappa shape index (κ1) is 51.2. The van der Waals surface area contributed by atoms with Crippen molar-refractivity contribution >= 4 is 61.3 Å². The molecule has 11 heteroatoms. The zero-order valence-corrected chi connectivity index (χ0v) is 45.2. The number of nitrogens with zero attached hydrogens (tertiary/aromatic N) is 4. The van der Waals surface area contributed by atoms with Crippen molar-refractivity contribution in [3.8, 4) is 34.4 Å². The second kappa shape index (κ2) is 22.0. The maximum Gasteiger partial charge on any atom is 0.337 e. The number of carbonyl (C=O) groups is 3. The summed E-state index contributed by atoms with van der Waals surface area (Å²) in [5, 5.41) is 21.2. The van der Waals surface area contributed by atoms with Crippen molar-refractivity contribution in [2.45, 2.75) is 161 Å². The number of aromatic carboxylic acids is 1. The minimum absolute atomic E-state index is 0.178. The van der Waals surface area contributed by atoms with Crippen LogP contribution in [0, 0.1) is 11.8 Å². The molecule has 0 saturated heterocycles. The van der Waals surface area contributed by atoms with Crippen LogP contribution in [0.3, 0.4) is 0 Å². The van der Waals surface area contributed by atoms with Crippen molar-refractivity contribution in [1.82, 2.24) is 28.9 Å². The van der Waals surface area contributed by atoms with Crippen LogP contribution >= 0.6 is 0 Å². The van der Waals surface area contributed by atoms with Crippen LogP contribution < -0.4 is 10.6 Å². The average Bonchev–Trinajstić information content (AvgIpc) is 4.16. The molecule has 4 aromatic heterocycles. The molecule has 0 unspecified atom stereocenters. The number of ketones is 1. The number of fused-ring (bicyclic) bond motifs is 8. The van der Waals surface area contributed by atoms with Crippen LogP contribution in [0.25, 0.3) is 66.1 Å². The second-order valence-electron chi connectivity index (χ2n) is 22.5. The third-order valence-corrected chi connectivity index (χ3v) is 16.8. The van der Waals surface area contributed by atoms with Gasteiger partial charge in [0.1, 0.15) is 0 Å². The SMILES string of the molecule is CC(C)NCCC(=O)c1cn2c3c(cccc13)-c1c(C3CCCCC3)c3ccc(C(=O)O)cc3n1CCC2.COC(=O)c1ccc2c(C3CCCCC3)c3n(c2c1)CCCn1cc(C#CCNC(C)C)c2cccc-3c21. The van der Waals surface area contributed by atoms with E-state index in [4.69, 9.17) is 4.74 Å². The van der Waals surface area contributed by atoms with Crippen LogP contribution in [-0.4, -0.2) is 73.4 Å². The number of carboxylic acid groups (broad SMARTS) is 1. The lowest BCUT2D eigenvalue weighted by atomic mass is 9.81. The average molecular weight is 1020 g/mol. The smallest absolute Gasteiger partial charge is 0.337 e. The van der Waals surface area contributed by atoms with Gasteiger partial charge in [-0.3, -0.25) is 4.79 Å². The third-order valence-electron chi connectivity index (χ3n) is 16.8. The van der Waals surface area contributed by atoms with Gasteiger partial charge in [-0.25, -0.2) is 9.59 Å². The van der Waals surface area contributed by atoms with E-state index < -0.39 is 5.97 Å². The molecule has 0 amide bonds. The minimum Gasteiger partial charge on any atom is -0.478 e. The van der Waals surface area contributed by atoms with Gasteiger partial charge >= 0.3 is 11.9 Å². The number of para-hydroxylation sites is 2. The van der Waals surface area contributed by atoms with Crippen molar-refractivity contribution in [3.63, 3.8) is 0 Å². The maximum atomic E-state index is 13.4. The van der Waals surface area contributed by atoms with Crippen LogP contribution in [0.4, 0.5) is 0 Å². The maximum absolute atomic E-state index is 13.4. The summed E-state index contributed by atoms with van der Waals surface area (Å²) >= 11 is 0. The van der Waals surface area contributed by atoms with Crippen LogP contribution in [0.15, 0.2) is 85.2 Å². The number of hydrogen-bond donors (Lipinski definition) is 3. The monoisotopic (exact) mass is 1020 g/mol. The number of aryl methyl sites for hydroxylation is 4. The van der Waals surface area contributed by atoms with Crippen molar-refractivity contribution in [2.24, 2.45) is 0 Å². The molecular weight excluding hydrogens is 945 g/mol. The van der Waals surface area contributed by atoms with E-state index >= 15 is 0 Å². The highest BCUT2D eigenvalue weighted by molar-refractivity contribution is 6.12. The molecule has 0 spiro atoms. The molecule has 4 aromatic carbocycles. The Bertz CT molecular complexity index is 3580. The topological polar surface area (TPSA) is 124 Å². The van der Waals surface area contributed by atoms with E-state index in [1.807, 2.05) is 18.2 Å².